The molecule has 0 heterocycles. The molecule has 0 aromatic heterocycles. The molecule has 0 aliphatic heterocycles. The van der Waals surface area contributed by atoms with Crippen LogP contribution in [0.1, 0.15) is 15.9 Å². The molecule has 0 bridgehead atoms. The van der Waals surface area contributed by atoms with E-state index in [2.05, 4.69) is 0 Å². The van der Waals surface area contributed by atoms with Gasteiger partial charge in [-0.3, -0.25) is 4.79 Å². The quantitative estimate of drug-likeness (QED) is 0.469. The Labute approximate surface area is 112 Å². The van der Waals surface area contributed by atoms with Gasteiger partial charge in [0, 0.05) is 11.6 Å². The van der Waals surface area contributed by atoms with Crippen LogP contribution in [-0.4, -0.2) is 5.78 Å². The molecule has 0 unspecified atom stereocenters. The van der Waals surface area contributed by atoms with E-state index in [0.717, 1.165) is 30.4 Å². The molecule has 2 aromatic rings. The van der Waals surface area contributed by atoms with Crippen molar-refractivity contribution in [3.8, 4) is 0 Å². The number of rotatable bonds is 3. The van der Waals surface area contributed by atoms with Crippen LogP contribution in [0.3, 0.4) is 0 Å². The number of carbonyl (C=O) groups excluding carboxylic acids is 1. The summed E-state index contributed by atoms with van der Waals surface area (Å²) in [6.07, 6.45) is 1.93. The summed E-state index contributed by atoms with van der Waals surface area (Å²) in [5, 5.41) is 0. The topological polar surface area (TPSA) is 17.1 Å². The van der Waals surface area contributed by atoms with Gasteiger partial charge in [-0.1, -0.05) is 12.1 Å². The van der Waals surface area contributed by atoms with E-state index in [1.165, 1.54) is 12.1 Å². The summed E-state index contributed by atoms with van der Waals surface area (Å²) in [5.74, 6) is -4.74. The average Bonchev–Trinajstić information content (AvgIpc) is 2.40. The number of halogens is 4. The second-order valence-corrected chi connectivity index (χ2v) is 3.96. The second kappa shape index (κ2) is 5.69. The summed E-state index contributed by atoms with van der Waals surface area (Å²) in [6, 6.07) is 5.98. The lowest BCUT2D eigenvalue weighted by Gasteiger charge is -1.99. The van der Waals surface area contributed by atoms with E-state index >= 15 is 0 Å². The van der Waals surface area contributed by atoms with Crippen molar-refractivity contribution < 1.29 is 22.4 Å². The molecule has 102 valence electrons. The molecule has 0 radical (unpaired) electrons. The van der Waals surface area contributed by atoms with Gasteiger partial charge in [0.05, 0.1) is 5.56 Å². The fraction of sp³-hybridized carbons (Fsp3) is 0. The van der Waals surface area contributed by atoms with Gasteiger partial charge in [-0.05, 0) is 30.4 Å². The molecule has 0 saturated heterocycles. The largest absolute Gasteiger partial charge is 0.289 e. The van der Waals surface area contributed by atoms with Crippen molar-refractivity contribution >= 4 is 11.9 Å². The standard InChI is InChI=1S/C15H8F4O/c16-10-5-6-11(13(18)8-10)14(20)7-4-9-2-1-3-12(17)15(9)19/h1-8H/b7-4+. The van der Waals surface area contributed by atoms with E-state index in [1.54, 1.807) is 0 Å². The molecule has 20 heavy (non-hydrogen) atoms. The van der Waals surface area contributed by atoms with E-state index in [-0.39, 0.29) is 11.1 Å². The Hall–Kier alpha value is -2.43. The highest BCUT2D eigenvalue weighted by Crippen LogP contribution is 2.15. The third-order valence-electron chi connectivity index (χ3n) is 2.59. The maximum absolute atomic E-state index is 13.3. The number of allylic oxidation sites excluding steroid dienone is 1. The van der Waals surface area contributed by atoms with Crippen molar-refractivity contribution in [3.05, 3.63) is 76.9 Å². The lowest BCUT2D eigenvalue weighted by molar-refractivity contribution is 0.104. The number of hydrogen-bond donors (Lipinski definition) is 0. The summed E-state index contributed by atoms with van der Waals surface area (Å²) in [7, 11) is 0. The molecule has 1 nitrogen and oxygen atoms in total. The zero-order valence-corrected chi connectivity index (χ0v) is 10.0. The SMILES string of the molecule is O=C(/C=C/c1cccc(F)c1F)c1ccc(F)cc1F. The number of carbonyl (C=O) groups is 1. The van der Waals surface area contributed by atoms with Crippen molar-refractivity contribution in [2.24, 2.45) is 0 Å². The number of hydrogen-bond acceptors (Lipinski definition) is 1. The number of ketones is 1. The molecule has 0 N–H and O–H groups in total. The summed E-state index contributed by atoms with van der Waals surface area (Å²) in [4.78, 5) is 11.7. The van der Waals surface area contributed by atoms with Crippen LogP contribution in [0, 0.1) is 23.3 Å². The van der Waals surface area contributed by atoms with Crippen LogP contribution in [-0.2, 0) is 0 Å². The third kappa shape index (κ3) is 2.93. The van der Waals surface area contributed by atoms with Crippen LogP contribution in [0.4, 0.5) is 17.6 Å². The van der Waals surface area contributed by atoms with Gasteiger partial charge < -0.3 is 0 Å². The molecule has 0 fully saturated rings. The Kier molecular flexibility index (Phi) is 3.98. The number of benzene rings is 2. The van der Waals surface area contributed by atoms with Crippen molar-refractivity contribution in [2.75, 3.05) is 0 Å². The van der Waals surface area contributed by atoms with Crippen molar-refractivity contribution in [2.45, 2.75) is 0 Å². The molecular weight excluding hydrogens is 272 g/mol. The molecule has 0 spiro atoms. The van der Waals surface area contributed by atoms with Gasteiger partial charge in [-0.15, -0.1) is 0 Å². The molecule has 0 amide bonds. The van der Waals surface area contributed by atoms with Crippen molar-refractivity contribution in [1.29, 1.82) is 0 Å². The third-order valence-corrected chi connectivity index (χ3v) is 2.59. The van der Waals surface area contributed by atoms with Crippen LogP contribution < -0.4 is 0 Å². The zero-order chi connectivity index (χ0) is 14.7. The first-order chi connectivity index (χ1) is 9.49. The Morgan fingerprint density at radius 1 is 0.950 bits per heavy atom. The predicted octanol–water partition coefficient (Wildman–Crippen LogP) is 4.14. The average molecular weight is 280 g/mol. The lowest BCUT2D eigenvalue weighted by Crippen LogP contribution is -1.99. The Morgan fingerprint density at radius 3 is 2.40 bits per heavy atom. The monoisotopic (exact) mass is 280 g/mol. The van der Waals surface area contributed by atoms with Gasteiger partial charge in [0.15, 0.2) is 17.4 Å². The predicted molar refractivity (Wildman–Crippen MR) is 66.1 cm³/mol. The van der Waals surface area contributed by atoms with Crippen LogP contribution in [0.15, 0.2) is 42.5 Å². The Bertz CT molecular complexity index is 692. The molecule has 5 heteroatoms. The molecule has 0 atom stereocenters. The van der Waals surface area contributed by atoms with Gasteiger partial charge in [-0.25, -0.2) is 17.6 Å². The smallest absolute Gasteiger partial charge is 0.188 e. The Balaban J connectivity index is 2.27. The van der Waals surface area contributed by atoms with Gasteiger partial charge in [0.25, 0.3) is 0 Å². The van der Waals surface area contributed by atoms with Gasteiger partial charge >= 0.3 is 0 Å². The lowest BCUT2D eigenvalue weighted by atomic mass is 10.1. The zero-order valence-electron chi connectivity index (χ0n) is 10.0. The van der Waals surface area contributed by atoms with E-state index in [4.69, 9.17) is 0 Å². The van der Waals surface area contributed by atoms with Crippen LogP contribution in [0.5, 0.6) is 0 Å². The highest BCUT2D eigenvalue weighted by Gasteiger charge is 2.10. The minimum absolute atomic E-state index is 0.138. The normalized spacial score (nSPS) is 11.0. The fourth-order valence-corrected chi connectivity index (χ4v) is 1.59. The molecule has 2 rings (SSSR count). The first-order valence-electron chi connectivity index (χ1n) is 5.60. The minimum Gasteiger partial charge on any atom is -0.289 e. The second-order valence-electron chi connectivity index (χ2n) is 3.96. The molecule has 0 aliphatic carbocycles. The van der Waals surface area contributed by atoms with Crippen LogP contribution in [0.25, 0.3) is 6.08 Å². The van der Waals surface area contributed by atoms with Crippen molar-refractivity contribution in [1.82, 2.24) is 0 Å². The maximum atomic E-state index is 13.3. The highest BCUT2D eigenvalue weighted by molar-refractivity contribution is 6.06. The summed E-state index contributed by atoms with van der Waals surface area (Å²) in [5.41, 5.74) is -0.486. The minimum atomic E-state index is -1.10. The van der Waals surface area contributed by atoms with Crippen LogP contribution >= 0.6 is 0 Å². The fourth-order valence-electron chi connectivity index (χ4n) is 1.59. The Morgan fingerprint density at radius 2 is 1.70 bits per heavy atom. The molecular formula is C15H8F4O. The first-order valence-corrected chi connectivity index (χ1v) is 5.60. The van der Waals surface area contributed by atoms with Gasteiger partial charge in [0.1, 0.15) is 11.6 Å². The van der Waals surface area contributed by atoms with Crippen LogP contribution in [0.2, 0.25) is 0 Å². The van der Waals surface area contributed by atoms with Gasteiger partial charge in [-0.2, -0.15) is 0 Å². The maximum Gasteiger partial charge on any atom is 0.188 e. The molecule has 2 aromatic carbocycles. The van der Waals surface area contributed by atoms with E-state index < -0.39 is 29.1 Å². The molecule has 0 aliphatic rings. The summed E-state index contributed by atoms with van der Waals surface area (Å²) in [6.45, 7) is 0. The first kappa shape index (κ1) is 14.0. The van der Waals surface area contributed by atoms with E-state index in [0.29, 0.717) is 6.07 Å². The van der Waals surface area contributed by atoms with E-state index in [1.807, 2.05) is 0 Å². The van der Waals surface area contributed by atoms with E-state index in [9.17, 15) is 22.4 Å². The summed E-state index contributed by atoms with van der Waals surface area (Å²) < 4.78 is 52.3. The van der Waals surface area contributed by atoms with Crippen molar-refractivity contribution in [3.63, 3.8) is 0 Å². The van der Waals surface area contributed by atoms with Gasteiger partial charge in [0.2, 0.25) is 0 Å². The summed E-state index contributed by atoms with van der Waals surface area (Å²) >= 11 is 0. The highest BCUT2D eigenvalue weighted by atomic mass is 19.2. The molecule has 0 saturated carbocycles.